The number of rotatable bonds is 5. The van der Waals surface area contributed by atoms with Crippen LogP contribution >= 0.6 is 0 Å². The number of ether oxygens (including phenoxy) is 1. The molecule has 0 bridgehead atoms. The Morgan fingerprint density at radius 1 is 1.20 bits per heavy atom. The predicted octanol–water partition coefficient (Wildman–Crippen LogP) is 3.58. The van der Waals surface area contributed by atoms with E-state index in [2.05, 4.69) is 40.8 Å². The Morgan fingerprint density at radius 2 is 1.80 bits per heavy atom. The number of hydrogen-bond donors (Lipinski definition) is 0. The molecule has 0 aromatic rings. The monoisotopic (exact) mass is 230 g/mol. The van der Waals surface area contributed by atoms with Gasteiger partial charge in [-0.05, 0) is 31.0 Å². The normalized spacial score (nSPS) is 26.8. The summed E-state index contributed by atoms with van der Waals surface area (Å²) in [5.74, 6) is 0. The van der Waals surface area contributed by atoms with Crippen LogP contribution in [0.5, 0.6) is 0 Å². The first-order chi connectivity index (χ1) is 6.78. The third-order valence-corrected chi connectivity index (χ3v) is 8.30. The van der Waals surface area contributed by atoms with Crippen LogP contribution in [0.2, 0.25) is 18.1 Å². The van der Waals surface area contributed by atoms with Gasteiger partial charge < -0.3 is 9.16 Å². The molecule has 0 radical (unpaired) electrons. The third kappa shape index (κ3) is 3.57. The van der Waals surface area contributed by atoms with Crippen molar-refractivity contribution in [2.45, 2.75) is 70.9 Å². The first-order valence-corrected chi connectivity index (χ1v) is 8.98. The van der Waals surface area contributed by atoms with E-state index in [1.165, 1.54) is 0 Å². The average molecular weight is 230 g/mol. The number of epoxide rings is 1. The van der Waals surface area contributed by atoms with Crippen molar-refractivity contribution >= 4 is 8.32 Å². The molecule has 15 heavy (non-hydrogen) atoms. The van der Waals surface area contributed by atoms with Crippen molar-refractivity contribution in [1.29, 1.82) is 0 Å². The van der Waals surface area contributed by atoms with E-state index in [0.29, 0.717) is 17.2 Å². The summed E-state index contributed by atoms with van der Waals surface area (Å²) in [6, 6.07) is 0. The van der Waals surface area contributed by atoms with Crippen molar-refractivity contribution in [3.05, 3.63) is 0 Å². The predicted molar refractivity (Wildman–Crippen MR) is 66.7 cm³/mol. The highest BCUT2D eigenvalue weighted by Crippen LogP contribution is 2.37. The lowest BCUT2D eigenvalue weighted by Gasteiger charge is -2.36. The Morgan fingerprint density at radius 3 is 2.20 bits per heavy atom. The quantitative estimate of drug-likeness (QED) is 0.532. The molecule has 0 saturated carbocycles. The second-order valence-electron chi connectivity index (χ2n) is 6.02. The zero-order valence-electron chi connectivity index (χ0n) is 11.1. The molecule has 0 amide bonds. The van der Waals surface area contributed by atoms with E-state index in [0.717, 1.165) is 19.4 Å². The molecule has 0 spiro atoms. The minimum atomic E-state index is -1.53. The van der Waals surface area contributed by atoms with E-state index in [-0.39, 0.29) is 0 Å². The first kappa shape index (κ1) is 13.2. The summed E-state index contributed by atoms with van der Waals surface area (Å²) in [5, 5.41) is 0.321. The van der Waals surface area contributed by atoms with Gasteiger partial charge in [-0.3, -0.25) is 0 Å². The second kappa shape index (κ2) is 4.56. The van der Waals surface area contributed by atoms with E-state index < -0.39 is 8.32 Å². The molecule has 3 heteroatoms. The Balaban J connectivity index is 2.20. The van der Waals surface area contributed by atoms with Gasteiger partial charge in [-0.25, -0.2) is 0 Å². The third-order valence-electron chi connectivity index (χ3n) is 3.76. The molecule has 90 valence electrons. The molecule has 1 fully saturated rings. The summed E-state index contributed by atoms with van der Waals surface area (Å²) >= 11 is 0. The van der Waals surface area contributed by atoms with E-state index in [1.807, 2.05) is 0 Å². The molecule has 2 nitrogen and oxygen atoms in total. The SMILES string of the molecule is CCC1OC1CCO[Si](C)(C)C(C)(C)C. The zero-order valence-corrected chi connectivity index (χ0v) is 12.1. The highest BCUT2D eigenvalue weighted by atomic mass is 28.4. The highest BCUT2D eigenvalue weighted by molar-refractivity contribution is 6.74. The van der Waals surface area contributed by atoms with Gasteiger partial charge in [-0.2, -0.15) is 0 Å². The van der Waals surface area contributed by atoms with Gasteiger partial charge >= 0.3 is 0 Å². The minimum Gasteiger partial charge on any atom is -0.417 e. The van der Waals surface area contributed by atoms with Crippen LogP contribution < -0.4 is 0 Å². The van der Waals surface area contributed by atoms with Crippen LogP contribution in [0.3, 0.4) is 0 Å². The van der Waals surface area contributed by atoms with Crippen LogP contribution in [0.25, 0.3) is 0 Å². The summed E-state index contributed by atoms with van der Waals surface area (Å²) in [7, 11) is -1.53. The smallest absolute Gasteiger partial charge is 0.191 e. The zero-order chi connectivity index (χ0) is 11.7. The maximum atomic E-state index is 6.10. The van der Waals surface area contributed by atoms with E-state index >= 15 is 0 Å². The molecular weight excluding hydrogens is 204 g/mol. The molecule has 1 heterocycles. The first-order valence-electron chi connectivity index (χ1n) is 6.07. The Labute approximate surface area is 95.5 Å². The van der Waals surface area contributed by atoms with Gasteiger partial charge in [0, 0.05) is 6.61 Å². The summed E-state index contributed by atoms with van der Waals surface area (Å²) in [6.45, 7) is 14.5. The van der Waals surface area contributed by atoms with Crippen LogP contribution in [-0.4, -0.2) is 27.1 Å². The topological polar surface area (TPSA) is 21.8 Å². The summed E-state index contributed by atoms with van der Waals surface area (Å²) < 4.78 is 11.6. The van der Waals surface area contributed by atoms with Gasteiger partial charge in [0.25, 0.3) is 0 Å². The standard InChI is InChI=1S/C12H26O2Si/c1-7-10-11(14-10)8-9-13-15(5,6)12(2,3)4/h10-11H,7-9H2,1-6H3. The Kier molecular flexibility index (Phi) is 4.01. The van der Waals surface area contributed by atoms with Crippen LogP contribution in [-0.2, 0) is 9.16 Å². The molecule has 0 aromatic heterocycles. The van der Waals surface area contributed by atoms with Gasteiger partial charge in [0.1, 0.15) is 0 Å². The summed E-state index contributed by atoms with van der Waals surface area (Å²) in [4.78, 5) is 0. The fourth-order valence-corrected chi connectivity index (χ4v) is 2.50. The highest BCUT2D eigenvalue weighted by Gasteiger charge is 2.39. The molecule has 1 saturated heterocycles. The van der Waals surface area contributed by atoms with E-state index in [1.54, 1.807) is 0 Å². The van der Waals surface area contributed by atoms with Crippen LogP contribution in [0.1, 0.15) is 40.5 Å². The second-order valence-corrected chi connectivity index (χ2v) is 10.8. The lowest BCUT2D eigenvalue weighted by atomic mass is 10.2. The fraction of sp³-hybridized carbons (Fsp3) is 1.00. The van der Waals surface area contributed by atoms with Crippen molar-refractivity contribution in [3.8, 4) is 0 Å². The molecule has 1 rings (SSSR count). The van der Waals surface area contributed by atoms with Gasteiger partial charge in [-0.1, -0.05) is 27.7 Å². The Bertz CT molecular complexity index is 208. The summed E-state index contributed by atoms with van der Waals surface area (Å²) in [5.41, 5.74) is 0. The minimum absolute atomic E-state index is 0.321. The van der Waals surface area contributed by atoms with Crippen LogP contribution in [0.4, 0.5) is 0 Å². The van der Waals surface area contributed by atoms with E-state index in [4.69, 9.17) is 9.16 Å². The van der Waals surface area contributed by atoms with Gasteiger partial charge in [0.05, 0.1) is 12.2 Å². The van der Waals surface area contributed by atoms with E-state index in [9.17, 15) is 0 Å². The maximum absolute atomic E-state index is 6.10. The Hall–Kier alpha value is 0.137. The molecule has 1 aliphatic rings. The van der Waals surface area contributed by atoms with Crippen molar-refractivity contribution in [1.82, 2.24) is 0 Å². The summed E-state index contributed by atoms with van der Waals surface area (Å²) in [6.07, 6.45) is 3.23. The molecule has 2 unspecified atom stereocenters. The molecule has 2 atom stereocenters. The van der Waals surface area contributed by atoms with Gasteiger partial charge in [0.15, 0.2) is 8.32 Å². The molecule has 0 N–H and O–H groups in total. The van der Waals surface area contributed by atoms with Gasteiger partial charge in [0.2, 0.25) is 0 Å². The lowest BCUT2D eigenvalue weighted by Crippen LogP contribution is -2.41. The molecule has 1 aliphatic heterocycles. The molecule has 0 aliphatic carbocycles. The number of hydrogen-bond acceptors (Lipinski definition) is 2. The fourth-order valence-electron chi connectivity index (χ4n) is 1.44. The maximum Gasteiger partial charge on any atom is 0.191 e. The van der Waals surface area contributed by atoms with Crippen molar-refractivity contribution < 1.29 is 9.16 Å². The van der Waals surface area contributed by atoms with Crippen molar-refractivity contribution in [2.24, 2.45) is 0 Å². The molecule has 0 aromatic carbocycles. The van der Waals surface area contributed by atoms with Crippen LogP contribution in [0, 0.1) is 0 Å². The van der Waals surface area contributed by atoms with Gasteiger partial charge in [-0.15, -0.1) is 0 Å². The van der Waals surface area contributed by atoms with Crippen molar-refractivity contribution in [3.63, 3.8) is 0 Å². The average Bonchev–Trinajstić information content (AvgIpc) is 2.81. The molecular formula is C12H26O2Si. The largest absolute Gasteiger partial charge is 0.417 e. The van der Waals surface area contributed by atoms with Crippen molar-refractivity contribution in [2.75, 3.05) is 6.61 Å². The lowest BCUT2D eigenvalue weighted by molar-refractivity contribution is 0.260. The van der Waals surface area contributed by atoms with Crippen LogP contribution in [0.15, 0.2) is 0 Å².